The molecule has 0 saturated carbocycles. The highest BCUT2D eigenvalue weighted by Gasteiger charge is 2.13. The standard InChI is InChI=1S/C19H28N4O.HI/c1-4-16(5-2)18-13-17(24-23-18)14-22-19(20-3)21-12-11-15-9-7-6-8-10-15;/h6-10,13,16H,4-5,11-12,14H2,1-3H3,(H2,20,21,22);1H. The first kappa shape index (κ1) is 21.5. The molecule has 138 valence electrons. The second-order valence-corrected chi connectivity index (χ2v) is 5.82. The zero-order chi connectivity index (χ0) is 17.2. The van der Waals surface area contributed by atoms with E-state index in [1.165, 1.54) is 5.56 Å². The molecule has 0 saturated heterocycles. The molecule has 0 amide bonds. The SMILES string of the molecule is CCC(CC)c1cc(CNC(=NC)NCCc2ccccc2)on1.I. The molecule has 0 radical (unpaired) electrons. The predicted molar refractivity (Wildman–Crippen MR) is 114 cm³/mol. The molecule has 5 nitrogen and oxygen atoms in total. The molecule has 0 unspecified atom stereocenters. The molecule has 0 spiro atoms. The topological polar surface area (TPSA) is 62.5 Å². The van der Waals surface area contributed by atoms with Crippen LogP contribution in [0.25, 0.3) is 0 Å². The normalized spacial score (nSPS) is 11.3. The third kappa shape index (κ3) is 7.05. The second-order valence-electron chi connectivity index (χ2n) is 5.82. The summed E-state index contributed by atoms with van der Waals surface area (Å²) in [6.07, 6.45) is 3.12. The van der Waals surface area contributed by atoms with Gasteiger partial charge in [0.2, 0.25) is 0 Å². The number of rotatable bonds is 8. The molecule has 2 aromatic rings. The first-order chi connectivity index (χ1) is 11.8. The maximum atomic E-state index is 5.42. The molecule has 0 aliphatic rings. The number of halogens is 1. The van der Waals surface area contributed by atoms with Crippen LogP contribution in [-0.4, -0.2) is 24.7 Å². The molecular formula is C19H29IN4O. The fraction of sp³-hybridized carbons (Fsp3) is 0.474. The van der Waals surface area contributed by atoms with Crippen molar-refractivity contribution < 1.29 is 4.52 Å². The summed E-state index contributed by atoms with van der Waals surface area (Å²) in [5.41, 5.74) is 2.36. The summed E-state index contributed by atoms with van der Waals surface area (Å²) in [6.45, 7) is 5.77. The molecule has 0 atom stereocenters. The summed E-state index contributed by atoms with van der Waals surface area (Å²) >= 11 is 0. The molecule has 0 fully saturated rings. The van der Waals surface area contributed by atoms with Crippen molar-refractivity contribution >= 4 is 29.9 Å². The van der Waals surface area contributed by atoms with Gasteiger partial charge >= 0.3 is 0 Å². The quantitative estimate of drug-likeness (QED) is 0.357. The lowest BCUT2D eigenvalue weighted by molar-refractivity contribution is 0.368. The Kier molecular flexibility index (Phi) is 10.2. The van der Waals surface area contributed by atoms with E-state index in [-0.39, 0.29) is 24.0 Å². The highest BCUT2D eigenvalue weighted by molar-refractivity contribution is 14.0. The molecule has 0 aliphatic carbocycles. The molecule has 1 aromatic heterocycles. The van der Waals surface area contributed by atoms with Crippen LogP contribution >= 0.6 is 24.0 Å². The minimum Gasteiger partial charge on any atom is -0.359 e. The Balaban J connectivity index is 0.00000312. The Morgan fingerprint density at radius 3 is 2.52 bits per heavy atom. The van der Waals surface area contributed by atoms with Crippen molar-refractivity contribution in [1.29, 1.82) is 0 Å². The molecule has 2 N–H and O–H groups in total. The first-order valence-corrected chi connectivity index (χ1v) is 8.70. The van der Waals surface area contributed by atoms with Crippen LogP contribution in [0.4, 0.5) is 0 Å². The van der Waals surface area contributed by atoms with Crippen LogP contribution in [0.1, 0.15) is 49.6 Å². The Hall–Kier alpha value is -1.57. The second kappa shape index (κ2) is 11.9. The zero-order valence-corrected chi connectivity index (χ0v) is 17.6. The highest BCUT2D eigenvalue weighted by Crippen LogP contribution is 2.22. The summed E-state index contributed by atoms with van der Waals surface area (Å²) in [7, 11) is 1.77. The van der Waals surface area contributed by atoms with Crippen LogP contribution in [0.15, 0.2) is 45.9 Å². The summed E-state index contributed by atoms with van der Waals surface area (Å²) in [5.74, 6) is 2.08. The Morgan fingerprint density at radius 2 is 1.88 bits per heavy atom. The average Bonchev–Trinajstić information content (AvgIpc) is 3.08. The van der Waals surface area contributed by atoms with Crippen molar-refractivity contribution in [3.05, 3.63) is 53.4 Å². The maximum absolute atomic E-state index is 5.42. The van der Waals surface area contributed by atoms with E-state index < -0.39 is 0 Å². The van der Waals surface area contributed by atoms with Crippen LogP contribution in [0.5, 0.6) is 0 Å². The van der Waals surface area contributed by atoms with E-state index in [4.69, 9.17) is 4.52 Å². The van der Waals surface area contributed by atoms with Crippen molar-refractivity contribution in [3.63, 3.8) is 0 Å². The van der Waals surface area contributed by atoms with Gasteiger partial charge in [0.25, 0.3) is 0 Å². The lowest BCUT2D eigenvalue weighted by Gasteiger charge is -2.10. The Bertz CT molecular complexity index is 623. The van der Waals surface area contributed by atoms with Crippen LogP contribution in [0, 0.1) is 0 Å². The number of guanidine groups is 1. The fourth-order valence-corrected chi connectivity index (χ4v) is 2.67. The number of hydrogen-bond donors (Lipinski definition) is 2. The van der Waals surface area contributed by atoms with E-state index in [9.17, 15) is 0 Å². The summed E-state index contributed by atoms with van der Waals surface area (Å²) in [4.78, 5) is 4.24. The van der Waals surface area contributed by atoms with Gasteiger partial charge in [-0.2, -0.15) is 0 Å². The van der Waals surface area contributed by atoms with Crippen LogP contribution in [0.3, 0.4) is 0 Å². The van der Waals surface area contributed by atoms with Crippen molar-refractivity contribution in [1.82, 2.24) is 15.8 Å². The van der Waals surface area contributed by atoms with Gasteiger partial charge < -0.3 is 15.2 Å². The van der Waals surface area contributed by atoms with E-state index in [0.29, 0.717) is 12.5 Å². The predicted octanol–water partition coefficient (Wildman–Crippen LogP) is 4.10. The number of aromatic nitrogens is 1. The lowest BCUT2D eigenvalue weighted by atomic mass is 9.99. The van der Waals surface area contributed by atoms with Crippen molar-refractivity contribution in [2.45, 2.75) is 45.6 Å². The maximum Gasteiger partial charge on any atom is 0.191 e. The largest absolute Gasteiger partial charge is 0.359 e. The van der Waals surface area contributed by atoms with Crippen LogP contribution in [-0.2, 0) is 13.0 Å². The molecule has 2 rings (SSSR count). The van der Waals surface area contributed by atoms with Crippen LogP contribution < -0.4 is 10.6 Å². The number of benzene rings is 1. The van der Waals surface area contributed by atoms with E-state index in [1.807, 2.05) is 12.1 Å². The lowest BCUT2D eigenvalue weighted by Crippen LogP contribution is -2.37. The van der Waals surface area contributed by atoms with Gasteiger partial charge in [0.1, 0.15) is 0 Å². The average molecular weight is 456 g/mol. The number of nitrogens with zero attached hydrogens (tertiary/aromatic N) is 2. The molecule has 0 bridgehead atoms. The molecule has 1 heterocycles. The third-order valence-electron chi connectivity index (χ3n) is 4.18. The number of aliphatic imine (C=N–C) groups is 1. The van der Waals surface area contributed by atoms with Gasteiger partial charge in [-0.05, 0) is 24.8 Å². The zero-order valence-electron chi connectivity index (χ0n) is 15.3. The Labute approximate surface area is 167 Å². The van der Waals surface area contributed by atoms with Gasteiger partial charge in [-0.1, -0.05) is 49.3 Å². The van der Waals surface area contributed by atoms with Gasteiger partial charge in [-0.15, -0.1) is 24.0 Å². The minimum absolute atomic E-state index is 0. The van der Waals surface area contributed by atoms with E-state index in [1.54, 1.807) is 7.05 Å². The van der Waals surface area contributed by atoms with Crippen molar-refractivity contribution in [2.24, 2.45) is 4.99 Å². The molecule has 0 aliphatic heterocycles. The van der Waals surface area contributed by atoms with Crippen molar-refractivity contribution in [3.8, 4) is 0 Å². The minimum atomic E-state index is 0. The summed E-state index contributed by atoms with van der Waals surface area (Å²) in [5, 5.41) is 10.8. The first-order valence-electron chi connectivity index (χ1n) is 8.70. The van der Waals surface area contributed by atoms with E-state index in [2.05, 4.69) is 58.9 Å². The Morgan fingerprint density at radius 1 is 1.16 bits per heavy atom. The van der Waals surface area contributed by atoms with Gasteiger partial charge in [-0.25, -0.2) is 0 Å². The molecular weight excluding hydrogens is 427 g/mol. The van der Waals surface area contributed by atoms with Crippen LogP contribution in [0.2, 0.25) is 0 Å². The monoisotopic (exact) mass is 456 g/mol. The molecule has 25 heavy (non-hydrogen) atoms. The summed E-state index contributed by atoms with van der Waals surface area (Å²) in [6, 6.07) is 12.5. The highest BCUT2D eigenvalue weighted by atomic mass is 127. The summed E-state index contributed by atoms with van der Waals surface area (Å²) < 4.78 is 5.42. The third-order valence-corrected chi connectivity index (χ3v) is 4.18. The van der Waals surface area contributed by atoms with Gasteiger partial charge in [-0.3, -0.25) is 4.99 Å². The number of nitrogens with one attached hydrogen (secondary N) is 2. The smallest absolute Gasteiger partial charge is 0.191 e. The van der Waals surface area contributed by atoms with E-state index in [0.717, 1.165) is 43.2 Å². The van der Waals surface area contributed by atoms with Gasteiger partial charge in [0.15, 0.2) is 11.7 Å². The van der Waals surface area contributed by atoms with Crippen molar-refractivity contribution in [2.75, 3.05) is 13.6 Å². The fourth-order valence-electron chi connectivity index (χ4n) is 2.67. The number of hydrogen-bond acceptors (Lipinski definition) is 3. The molecule has 6 heteroatoms. The van der Waals surface area contributed by atoms with E-state index >= 15 is 0 Å². The molecule has 1 aromatic carbocycles. The van der Waals surface area contributed by atoms with Gasteiger partial charge in [0.05, 0.1) is 12.2 Å². The van der Waals surface area contributed by atoms with Gasteiger partial charge in [0, 0.05) is 25.6 Å².